The first-order valence-corrected chi connectivity index (χ1v) is 5.79. The summed E-state index contributed by atoms with van der Waals surface area (Å²) < 4.78 is 5.31. The molecule has 0 saturated carbocycles. The lowest BCUT2D eigenvalue weighted by Gasteiger charge is -2.11. The number of hydrogen-bond acceptors (Lipinski definition) is 3. The molecule has 1 rings (SSSR count). The predicted molar refractivity (Wildman–Crippen MR) is 66.6 cm³/mol. The summed E-state index contributed by atoms with van der Waals surface area (Å²) in [6.07, 6.45) is 0. The van der Waals surface area contributed by atoms with E-state index in [9.17, 15) is 4.79 Å². The molecule has 1 aromatic carbocycles. The Hall–Kier alpha value is -1.26. The molecule has 4 nitrogen and oxygen atoms in total. The van der Waals surface area contributed by atoms with Gasteiger partial charge in [0.2, 0.25) is 0 Å². The van der Waals surface area contributed by atoms with Crippen LogP contribution >= 0.6 is 11.6 Å². The molecular formula is C12H16ClNO3. The molecule has 17 heavy (non-hydrogen) atoms. The number of ether oxygens (including phenoxy) is 1. The second-order valence-corrected chi connectivity index (χ2v) is 4.05. The molecule has 0 fully saturated rings. The van der Waals surface area contributed by atoms with E-state index in [1.165, 1.54) is 0 Å². The number of hydrogen-bond donors (Lipinski definition) is 2. The molecule has 2 N–H and O–H groups in total. The fourth-order valence-corrected chi connectivity index (χ4v) is 1.54. The molecule has 0 radical (unpaired) electrons. The fraction of sp³-hybridized carbons (Fsp3) is 0.417. The van der Waals surface area contributed by atoms with E-state index in [0.717, 1.165) is 5.56 Å². The maximum Gasteiger partial charge on any atom is 0.320 e. The van der Waals surface area contributed by atoms with Crippen molar-refractivity contribution in [3.8, 4) is 5.75 Å². The van der Waals surface area contributed by atoms with Crippen LogP contribution in [0.2, 0.25) is 5.02 Å². The fourth-order valence-electron chi connectivity index (χ4n) is 1.29. The number of rotatable bonds is 6. The zero-order valence-corrected chi connectivity index (χ0v) is 10.6. The molecule has 0 aliphatic rings. The van der Waals surface area contributed by atoms with E-state index in [4.69, 9.17) is 21.4 Å². The van der Waals surface area contributed by atoms with Gasteiger partial charge in [-0.15, -0.1) is 0 Å². The highest BCUT2D eigenvalue weighted by atomic mass is 35.5. The molecule has 0 bridgehead atoms. The molecule has 0 aliphatic carbocycles. The normalized spacial score (nSPS) is 12.2. The molecule has 0 saturated heterocycles. The van der Waals surface area contributed by atoms with Gasteiger partial charge in [0.05, 0.1) is 11.6 Å². The van der Waals surface area contributed by atoms with E-state index < -0.39 is 12.0 Å². The van der Waals surface area contributed by atoms with Gasteiger partial charge in [-0.3, -0.25) is 4.79 Å². The summed E-state index contributed by atoms with van der Waals surface area (Å²) in [6.45, 7) is 4.51. The van der Waals surface area contributed by atoms with Gasteiger partial charge >= 0.3 is 5.97 Å². The predicted octanol–water partition coefficient (Wildman–Crippen LogP) is 2.30. The highest BCUT2D eigenvalue weighted by Crippen LogP contribution is 2.25. The first kappa shape index (κ1) is 13.8. The highest BCUT2D eigenvalue weighted by Gasteiger charge is 2.10. The number of benzene rings is 1. The van der Waals surface area contributed by atoms with Gasteiger partial charge < -0.3 is 15.2 Å². The van der Waals surface area contributed by atoms with Gasteiger partial charge in [-0.05, 0) is 31.5 Å². The maximum absolute atomic E-state index is 10.6. The van der Waals surface area contributed by atoms with E-state index in [-0.39, 0.29) is 0 Å². The first-order valence-electron chi connectivity index (χ1n) is 5.42. The largest absolute Gasteiger partial charge is 0.492 e. The van der Waals surface area contributed by atoms with Crippen molar-refractivity contribution >= 4 is 17.6 Å². The monoisotopic (exact) mass is 257 g/mol. The van der Waals surface area contributed by atoms with Crippen LogP contribution in [0.1, 0.15) is 19.4 Å². The number of nitrogens with one attached hydrogen (secondary N) is 1. The van der Waals surface area contributed by atoms with Gasteiger partial charge in [-0.25, -0.2) is 0 Å². The number of aliphatic carboxylic acids is 1. The van der Waals surface area contributed by atoms with E-state index in [2.05, 4.69) is 5.32 Å². The molecule has 1 aromatic rings. The van der Waals surface area contributed by atoms with Crippen molar-refractivity contribution in [3.05, 3.63) is 28.8 Å². The molecular weight excluding hydrogens is 242 g/mol. The zero-order chi connectivity index (χ0) is 12.8. The van der Waals surface area contributed by atoms with Crippen molar-refractivity contribution in [1.29, 1.82) is 0 Å². The van der Waals surface area contributed by atoms with Crippen LogP contribution in [0.3, 0.4) is 0 Å². The summed E-state index contributed by atoms with van der Waals surface area (Å²) in [4.78, 5) is 10.6. The lowest BCUT2D eigenvalue weighted by molar-refractivity contribution is -0.139. The molecule has 94 valence electrons. The molecule has 1 atom stereocenters. The summed E-state index contributed by atoms with van der Waals surface area (Å²) in [5, 5.41) is 12.1. The summed E-state index contributed by atoms with van der Waals surface area (Å²) in [6, 6.07) is 4.83. The maximum atomic E-state index is 10.6. The molecule has 0 spiro atoms. The number of halogens is 1. The average molecular weight is 258 g/mol. The SMILES string of the molecule is CCOc1ccc(CN[C@H](C)C(=O)O)cc1Cl. The molecule has 0 heterocycles. The molecule has 0 amide bonds. The smallest absolute Gasteiger partial charge is 0.320 e. The number of carbonyl (C=O) groups is 1. The van der Waals surface area contributed by atoms with Crippen LogP contribution in [0, 0.1) is 0 Å². The van der Waals surface area contributed by atoms with Gasteiger partial charge in [-0.2, -0.15) is 0 Å². The minimum absolute atomic E-state index is 0.458. The minimum atomic E-state index is -0.873. The highest BCUT2D eigenvalue weighted by molar-refractivity contribution is 6.32. The Labute approximate surface area is 106 Å². The lowest BCUT2D eigenvalue weighted by Crippen LogP contribution is -2.33. The van der Waals surface area contributed by atoms with Crippen molar-refractivity contribution < 1.29 is 14.6 Å². The number of carboxylic acid groups (broad SMARTS) is 1. The van der Waals surface area contributed by atoms with Crippen molar-refractivity contribution in [1.82, 2.24) is 5.32 Å². The first-order chi connectivity index (χ1) is 8.04. The second-order valence-electron chi connectivity index (χ2n) is 3.64. The van der Waals surface area contributed by atoms with Crippen LogP contribution in [-0.2, 0) is 11.3 Å². The van der Waals surface area contributed by atoms with E-state index in [1.54, 1.807) is 19.1 Å². The van der Waals surface area contributed by atoms with Crippen LogP contribution in [0.25, 0.3) is 0 Å². The van der Waals surface area contributed by atoms with Crippen LogP contribution in [0.15, 0.2) is 18.2 Å². The molecule has 0 aliphatic heterocycles. The Balaban J connectivity index is 2.61. The standard InChI is InChI=1S/C12H16ClNO3/c1-3-17-11-5-4-9(6-10(11)13)7-14-8(2)12(15)16/h4-6,8,14H,3,7H2,1-2H3,(H,15,16)/t8-/m1/s1. The van der Waals surface area contributed by atoms with Crippen LogP contribution in [0.5, 0.6) is 5.75 Å². The van der Waals surface area contributed by atoms with Crippen molar-refractivity contribution in [2.24, 2.45) is 0 Å². The Bertz CT molecular complexity index is 395. The summed E-state index contributed by atoms with van der Waals surface area (Å²) in [7, 11) is 0. The van der Waals surface area contributed by atoms with Crippen molar-refractivity contribution in [3.63, 3.8) is 0 Å². The van der Waals surface area contributed by atoms with E-state index in [0.29, 0.717) is 23.9 Å². The van der Waals surface area contributed by atoms with Gasteiger partial charge in [0.1, 0.15) is 11.8 Å². The van der Waals surface area contributed by atoms with Gasteiger partial charge in [0.25, 0.3) is 0 Å². The van der Waals surface area contributed by atoms with Crippen molar-refractivity contribution in [2.75, 3.05) is 6.61 Å². The number of carboxylic acids is 1. The average Bonchev–Trinajstić information content (AvgIpc) is 2.29. The minimum Gasteiger partial charge on any atom is -0.492 e. The molecule has 5 heteroatoms. The third-order valence-electron chi connectivity index (χ3n) is 2.28. The van der Waals surface area contributed by atoms with Crippen LogP contribution in [0.4, 0.5) is 0 Å². The Morgan fingerprint density at radius 3 is 2.82 bits per heavy atom. The summed E-state index contributed by atoms with van der Waals surface area (Å²) >= 11 is 6.02. The van der Waals surface area contributed by atoms with Crippen molar-refractivity contribution in [2.45, 2.75) is 26.4 Å². The van der Waals surface area contributed by atoms with E-state index in [1.807, 2.05) is 13.0 Å². The Kier molecular flexibility index (Phi) is 5.25. The van der Waals surface area contributed by atoms with Gasteiger partial charge in [-0.1, -0.05) is 17.7 Å². The zero-order valence-electron chi connectivity index (χ0n) is 9.87. The quantitative estimate of drug-likeness (QED) is 0.821. The summed E-state index contributed by atoms with van der Waals surface area (Å²) in [5.41, 5.74) is 0.923. The third kappa shape index (κ3) is 4.24. The third-order valence-corrected chi connectivity index (χ3v) is 2.57. The van der Waals surface area contributed by atoms with E-state index >= 15 is 0 Å². The van der Waals surface area contributed by atoms with Gasteiger partial charge in [0, 0.05) is 6.54 Å². The lowest BCUT2D eigenvalue weighted by atomic mass is 10.2. The molecule has 0 unspecified atom stereocenters. The van der Waals surface area contributed by atoms with Crippen LogP contribution < -0.4 is 10.1 Å². The molecule has 0 aromatic heterocycles. The Morgan fingerprint density at radius 2 is 2.29 bits per heavy atom. The Morgan fingerprint density at radius 1 is 1.59 bits per heavy atom. The van der Waals surface area contributed by atoms with Crippen LogP contribution in [-0.4, -0.2) is 23.7 Å². The summed E-state index contributed by atoms with van der Waals surface area (Å²) in [5.74, 6) is -0.230. The second kappa shape index (κ2) is 6.47. The van der Waals surface area contributed by atoms with Gasteiger partial charge in [0.15, 0.2) is 0 Å². The topological polar surface area (TPSA) is 58.6 Å².